The third-order valence-electron chi connectivity index (χ3n) is 2.63. The van der Waals surface area contributed by atoms with E-state index < -0.39 is 0 Å². The second-order valence-corrected chi connectivity index (χ2v) is 6.01. The topological polar surface area (TPSA) is 61.4 Å². The third-order valence-corrected chi connectivity index (χ3v) is 3.84. The van der Waals surface area contributed by atoms with Gasteiger partial charge in [0.1, 0.15) is 5.75 Å². The van der Waals surface area contributed by atoms with Gasteiger partial charge in [-0.15, -0.1) is 0 Å². The number of hydrogen-bond acceptors (Lipinski definition) is 3. The molecule has 0 heterocycles. The van der Waals surface area contributed by atoms with E-state index in [1.165, 1.54) is 0 Å². The summed E-state index contributed by atoms with van der Waals surface area (Å²) >= 11 is 6.56. The highest BCUT2D eigenvalue weighted by Gasteiger charge is 2.12. The quantitative estimate of drug-likeness (QED) is 0.696. The van der Waals surface area contributed by atoms with Crippen molar-refractivity contribution in [2.24, 2.45) is 0 Å². The summed E-state index contributed by atoms with van der Waals surface area (Å²) in [5, 5.41) is 15.6. The van der Waals surface area contributed by atoms with Crippen molar-refractivity contribution >= 4 is 37.8 Å². The summed E-state index contributed by atoms with van der Waals surface area (Å²) in [5.41, 5.74) is 0.978. The molecule has 4 nitrogen and oxygen atoms in total. The molecule has 0 spiro atoms. The van der Waals surface area contributed by atoms with Crippen LogP contribution in [0.3, 0.4) is 0 Å². The Morgan fingerprint density at radius 1 is 1.37 bits per heavy atom. The number of hydrogen-bond donors (Lipinski definition) is 3. The highest BCUT2D eigenvalue weighted by molar-refractivity contribution is 9.11. The van der Waals surface area contributed by atoms with Gasteiger partial charge in [0.25, 0.3) is 0 Å². The first kappa shape index (κ1) is 16.5. The van der Waals surface area contributed by atoms with Gasteiger partial charge in [0.15, 0.2) is 0 Å². The van der Waals surface area contributed by atoms with E-state index in [2.05, 4.69) is 42.5 Å². The number of amides is 1. The van der Waals surface area contributed by atoms with E-state index in [1.54, 1.807) is 0 Å². The van der Waals surface area contributed by atoms with Gasteiger partial charge in [-0.2, -0.15) is 0 Å². The molecule has 0 aliphatic rings. The monoisotopic (exact) mass is 392 g/mol. The summed E-state index contributed by atoms with van der Waals surface area (Å²) in [6, 6.07) is 3.39. The third kappa shape index (κ3) is 5.12. The molecule has 1 unspecified atom stereocenters. The van der Waals surface area contributed by atoms with Crippen molar-refractivity contribution in [1.29, 1.82) is 0 Å². The van der Waals surface area contributed by atoms with Gasteiger partial charge in [-0.3, -0.25) is 4.79 Å². The van der Waals surface area contributed by atoms with Crippen LogP contribution < -0.4 is 10.6 Å². The second kappa shape index (κ2) is 7.87. The van der Waals surface area contributed by atoms with E-state index in [-0.39, 0.29) is 17.7 Å². The number of benzene rings is 1. The Balaban J connectivity index is 2.55. The maximum absolute atomic E-state index is 11.7. The highest BCUT2D eigenvalue weighted by Crippen LogP contribution is 2.33. The molecular formula is C13H18Br2N2O2. The maximum Gasteiger partial charge on any atom is 0.236 e. The first-order chi connectivity index (χ1) is 8.95. The van der Waals surface area contributed by atoms with E-state index in [0.717, 1.165) is 12.0 Å². The summed E-state index contributed by atoms with van der Waals surface area (Å²) in [6.45, 7) is 5.10. The Morgan fingerprint density at radius 3 is 2.47 bits per heavy atom. The van der Waals surface area contributed by atoms with Crippen LogP contribution in [0.15, 0.2) is 21.1 Å². The van der Waals surface area contributed by atoms with Crippen molar-refractivity contribution in [3.63, 3.8) is 0 Å². The van der Waals surface area contributed by atoms with E-state index in [0.29, 0.717) is 22.0 Å². The van der Waals surface area contributed by atoms with Crippen LogP contribution in [0.2, 0.25) is 0 Å². The van der Waals surface area contributed by atoms with Crippen LogP contribution in [0.5, 0.6) is 5.75 Å². The average Bonchev–Trinajstić information content (AvgIpc) is 2.39. The molecule has 3 N–H and O–H groups in total. The average molecular weight is 394 g/mol. The predicted molar refractivity (Wildman–Crippen MR) is 83.1 cm³/mol. The summed E-state index contributed by atoms with van der Waals surface area (Å²) in [7, 11) is 0. The molecular weight excluding hydrogens is 376 g/mol. The van der Waals surface area contributed by atoms with Crippen LogP contribution in [0.4, 0.5) is 0 Å². The number of aromatic hydroxyl groups is 1. The molecule has 106 valence electrons. The zero-order chi connectivity index (χ0) is 14.4. The molecule has 19 heavy (non-hydrogen) atoms. The van der Waals surface area contributed by atoms with E-state index in [4.69, 9.17) is 0 Å². The lowest BCUT2D eigenvalue weighted by molar-refractivity contribution is -0.122. The van der Waals surface area contributed by atoms with Gasteiger partial charge >= 0.3 is 0 Å². The fourth-order valence-corrected chi connectivity index (χ4v) is 2.77. The van der Waals surface area contributed by atoms with Gasteiger partial charge in [-0.25, -0.2) is 0 Å². The number of nitrogens with one attached hydrogen (secondary N) is 2. The van der Waals surface area contributed by atoms with Crippen LogP contribution in [0.1, 0.15) is 25.8 Å². The molecule has 0 bridgehead atoms. The molecule has 1 aromatic rings. The van der Waals surface area contributed by atoms with Crippen molar-refractivity contribution < 1.29 is 9.90 Å². The maximum atomic E-state index is 11.7. The van der Waals surface area contributed by atoms with E-state index in [1.807, 2.05) is 26.0 Å². The largest absolute Gasteiger partial charge is 0.506 e. The van der Waals surface area contributed by atoms with Crippen LogP contribution in [0, 0.1) is 0 Å². The first-order valence-electron chi connectivity index (χ1n) is 6.13. The molecule has 0 aliphatic heterocycles. The minimum Gasteiger partial charge on any atom is -0.506 e. The number of halogens is 2. The fourth-order valence-electron chi connectivity index (χ4n) is 1.49. The van der Waals surface area contributed by atoms with Crippen LogP contribution in [-0.2, 0) is 11.3 Å². The van der Waals surface area contributed by atoms with E-state index in [9.17, 15) is 9.90 Å². The Morgan fingerprint density at radius 2 is 1.95 bits per heavy atom. The molecule has 0 radical (unpaired) electrons. The highest BCUT2D eigenvalue weighted by atomic mass is 79.9. The molecule has 0 saturated carbocycles. The number of carbonyl (C=O) groups excluding carboxylic acids is 1. The number of phenolic OH excluding ortho intramolecular Hbond substituents is 1. The Labute approximate surface area is 130 Å². The Hall–Kier alpha value is -0.590. The normalized spacial score (nSPS) is 12.2. The molecule has 0 fully saturated rings. The molecule has 0 saturated heterocycles. The first-order valence-corrected chi connectivity index (χ1v) is 7.72. The predicted octanol–water partition coefficient (Wildman–Crippen LogP) is 2.92. The standard InChI is InChI=1S/C13H18Br2N2O2/c1-3-4-16-13(19)8(2)17-7-9-5-10(14)12(18)11(15)6-9/h5-6,8,17-18H,3-4,7H2,1-2H3,(H,16,19). The number of rotatable bonds is 6. The molecule has 0 aliphatic carbocycles. The Kier molecular flexibility index (Phi) is 6.82. The van der Waals surface area contributed by atoms with E-state index >= 15 is 0 Å². The van der Waals surface area contributed by atoms with Gasteiger partial charge < -0.3 is 15.7 Å². The van der Waals surface area contributed by atoms with Gasteiger partial charge in [0.05, 0.1) is 15.0 Å². The fraction of sp³-hybridized carbons (Fsp3) is 0.462. The molecule has 1 amide bonds. The van der Waals surface area contributed by atoms with Crippen LogP contribution in [0.25, 0.3) is 0 Å². The minimum atomic E-state index is -0.252. The molecule has 1 rings (SSSR count). The summed E-state index contributed by atoms with van der Waals surface area (Å²) < 4.78 is 1.25. The lowest BCUT2D eigenvalue weighted by atomic mass is 10.2. The zero-order valence-corrected chi connectivity index (χ0v) is 14.1. The molecule has 1 aromatic carbocycles. The van der Waals surface area contributed by atoms with Gasteiger partial charge in [0.2, 0.25) is 5.91 Å². The van der Waals surface area contributed by atoms with Crippen molar-refractivity contribution in [3.8, 4) is 5.75 Å². The lowest BCUT2D eigenvalue weighted by Crippen LogP contribution is -2.42. The summed E-state index contributed by atoms with van der Waals surface area (Å²) in [4.78, 5) is 11.7. The molecule has 1 atom stereocenters. The molecule has 6 heteroatoms. The molecule has 0 aromatic heterocycles. The van der Waals surface area contributed by atoms with Crippen molar-refractivity contribution in [3.05, 3.63) is 26.6 Å². The summed E-state index contributed by atoms with van der Waals surface area (Å²) in [6.07, 6.45) is 0.927. The second-order valence-electron chi connectivity index (χ2n) is 4.30. The smallest absolute Gasteiger partial charge is 0.236 e. The van der Waals surface area contributed by atoms with Gasteiger partial charge in [-0.1, -0.05) is 6.92 Å². The van der Waals surface area contributed by atoms with Crippen molar-refractivity contribution in [1.82, 2.24) is 10.6 Å². The number of carbonyl (C=O) groups is 1. The SMILES string of the molecule is CCCNC(=O)C(C)NCc1cc(Br)c(O)c(Br)c1. The van der Waals surface area contributed by atoms with Gasteiger partial charge in [0, 0.05) is 13.1 Å². The minimum absolute atomic E-state index is 0.00115. The van der Waals surface area contributed by atoms with Gasteiger partial charge in [-0.05, 0) is 62.9 Å². The summed E-state index contributed by atoms with van der Waals surface area (Å²) in [5.74, 6) is 0.177. The van der Waals surface area contributed by atoms with Crippen molar-refractivity contribution in [2.45, 2.75) is 32.9 Å². The number of phenols is 1. The Bertz CT molecular complexity index is 429. The lowest BCUT2D eigenvalue weighted by Gasteiger charge is -2.14. The van der Waals surface area contributed by atoms with Crippen molar-refractivity contribution in [2.75, 3.05) is 6.54 Å². The zero-order valence-electron chi connectivity index (χ0n) is 11.0. The van der Waals surface area contributed by atoms with Crippen LogP contribution >= 0.6 is 31.9 Å². The van der Waals surface area contributed by atoms with Crippen LogP contribution in [-0.4, -0.2) is 23.6 Å².